The molecule has 0 bridgehead atoms. The second-order valence-corrected chi connectivity index (χ2v) is 4.73. The standard InChI is InChI=1S/C12H20N4/c1-9-14-11(13)7-12(15-9)16(2)8-10-5-3-4-6-10/h7,10H,3-6,8H2,1-2H3,(H2,13,14,15). The van der Waals surface area contributed by atoms with Crippen molar-refractivity contribution in [3.05, 3.63) is 11.9 Å². The first-order valence-electron chi connectivity index (χ1n) is 5.97. The SMILES string of the molecule is Cc1nc(N)cc(N(C)CC2CCCC2)n1. The van der Waals surface area contributed by atoms with Crippen molar-refractivity contribution in [3.8, 4) is 0 Å². The molecule has 0 aromatic carbocycles. The van der Waals surface area contributed by atoms with Gasteiger partial charge in [0.05, 0.1) is 0 Å². The Morgan fingerprint density at radius 2 is 2.06 bits per heavy atom. The average molecular weight is 220 g/mol. The second-order valence-electron chi connectivity index (χ2n) is 4.73. The highest BCUT2D eigenvalue weighted by Crippen LogP contribution is 2.26. The van der Waals surface area contributed by atoms with Gasteiger partial charge in [-0.15, -0.1) is 0 Å². The van der Waals surface area contributed by atoms with Crippen LogP contribution in [0.3, 0.4) is 0 Å². The van der Waals surface area contributed by atoms with Crippen LogP contribution in [0.5, 0.6) is 0 Å². The van der Waals surface area contributed by atoms with E-state index in [4.69, 9.17) is 5.73 Å². The fourth-order valence-electron chi connectivity index (χ4n) is 2.44. The van der Waals surface area contributed by atoms with E-state index in [1.54, 1.807) is 0 Å². The van der Waals surface area contributed by atoms with Gasteiger partial charge in [0.25, 0.3) is 0 Å². The summed E-state index contributed by atoms with van der Waals surface area (Å²) in [5, 5.41) is 0. The van der Waals surface area contributed by atoms with Gasteiger partial charge in [0.1, 0.15) is 17.5 Å². The van der Waals surface area contributed by atoms with Crippen molar-refractivity contribution in [1.82, 2.24) is 9.97 Å². The first kappa shape index (κ1) is 11.2. The fourth-order valence-corrected chi connectivity index (χ4v) is 2.44. The summed E-state index contributed by atoms with van der Waals surface area (Å²) in [6.45, 7) is 2.96. The molecule has 1 heterocycles. The molecule has 0 aliphatic heterocycles. The van der Waals surface area contributed by atoms with Crippen molar-refractivity contribution in [1.29, 1.82) is 0 Å². The third kappa shape index (κ3) is 2.62. The largest absolute Gasteiger partial charge is 0.384 e. The first-order valence-corrected chi connectivity index (χ1v) is 5.97. The molecule has 0 radical (unpaired) electrons. The third-order valence-electron chi connectivity index (χ3n) is 3.24. The zero-order chi connectivity index (χ0) is 11.5. The summed E-state index contributed by atoms with van der Waals surface area (Å²) in [4.78, 5) is 10.7. The van der Waals surface area contributed by atoms with E-state index in [9.17, 15) is 0 Å². The number of nitrogens with two attached hydrogens (primary N) is 1. The van der Waals surface area contributed by atoms with Crippen LogP contribution in [0, 0.1) is 12.8 Å². The van der Waals surface area contributed by atoms with Gasteiger partial charge in [0.2, 0.25) is 0 Å². The number of hydrogen-bond acceptors (Lipinski definition) is 4. The molecule has 16 heavy (non-hydrogen) atoms. The summed E-state index contributed by atoms with van der Waals surface area (Å²) >= 11 is 0. The Morgan fingerprint density at radius 3 is 2.69 bits per heavy atom. The molecule has 1 saturated carbocycles. The fraction of sp³-hybridized carbons (Fsp3) is 0.667. The number of aromatic nitrogens is 2. The number of hydrogen-bond donors (Lipinski definition) is 1. The predicted octanol–water partition coefficient (Wildman–Crippen LogP) is 1.99. The number of nitrogen functional groups attached to an aromatic ring is 1. The van der Waals surface area contributed by atoms with E-state index in [2.05, 4.69) is 21.9 Å². The maximum atomic E-state index is 5.73. The molecule has 1 aromatic heterocycles. The lowest BCUT2D eigenvalue weighted by Crippen LogP contribution is -2.25. The lowest BCUT2D eigenvalue weighted by molar-refractivity contribution is 0.544. The Labute approximate surface area is 96.9 Å². The number of anilines is 2. The molecule has 0 spiro atoms. The van der Waals surface area contributed by atoms with Gasteiger partial charge < -0.3 is 10.6 Å². The van der Waals surface area contributed by atoms with Crippen molar-refractivity contribution < 1.29 is 0 Å². The predicted molar refractivity (Wildman–Crippen MR) is 66.4 cm³/mol. The number of aryl methyl sites for hydroxylation is 1. The van der Waals surface area contributed by atoms with E-state index in [0.717, 1.165) is 24.1 Å². The van der Waals surface area contributed by atoms with Crippen molar-refractivity contribution in [2.24, 2.45) is 5.92 Å². The zero-order valence-corrected chi connectivity index (χ0v) is 10.1. The van der Waals surface area contributed by atoms with Crippen LogP contribution in [0.4, 0.5) is 11.6 Å². The lowest BCUT2D eigenvalue weighted by atomic mass is 10.1. The summed E-state index contributed by atoms with van der Waals surface area (Å²) in [6.07, 6.45) is 5.46. The highest BCUT2D eigenvalue weighted by molar-refractivity contribution is 5.46. The van der Waals surface area contributed by atoms with Crippen LogP contribution < -0.4 is 10.6 Å². The van der Waals surface area contributed by atoms with Crippen molar-refractivity contribution in [3.63, 3.8) is 0 Å². The minimum Gasteiger partial charge on any atom is -0.384 e. The third-order valence-corrected chi connectivity index (χ3v) is 3.24. The van der Waals surface area contributed by atoms with Crippen molar-refractivity contribution >= 4 is 11.6 Å². The molecule has 1 fully saturated rings. The minimum absolute atomic E-state index is 0.556. The molecule has 0 saturated heterocycles. The van der Waals surface area contributed by atoms with Crippen molar-refractivity contribution in [2.45, 2.75) is 32.6 Å². The summed E-state index contributed by atoms with van der Waals surface area (Å²) < 4.78 is 0. The highest BCUT2D eigenvalue weighted by Gasteiger charge is 2.17. The molecular weight excluding hydrogens is 200 g/mol. The second kappa shape index (κ2) is 4.68. The summed E-state index contributed by atoms with van der Waals surface area (Å²) in [6, 6.07) is 1.85. The van der Waals surface area contributed by atoms with E-state index in [1.807, 2.05) is 13.0 Å². The number of rotatable bonds is 3. The molecule has 4 nitrogen and oxygen atoms in total. The van der Waals surface area contributed by atoms with Crippen LogP contribution in [0.15, 0.2) is 6.07 Å². The topological polar surface area (TPSA) is 55.0 Å². The normalized spacial score (nSPS) is 16.6. The Kier molecular flexibility index (Phi) is 3.27. The van der Waals surface area contributed by atoms with Crippen LogP contribution in [0.25, 0.3) is 0 Å². The zero-order valence-electron chi connectivity index (χ0n) is 10.1. The van der Waals surface area contributed by atoms with Gasteiger partial charge >= 0.3 is 0 Å². The van der Waals surface area contributed by atoms with Gasteiger partial charge in [-0.1, -0.05) is 12.8 Å². The number of nitrogens with zero attached hydrogens (tertiary/aromatic N) is 3. The molecule has 4 heteroatoms. The van der Waals surface area contributed by atoms with Gasteiger partial charge in [-0.3, -0.25) is 0 Å². The Bertz CT molecular complexity index is 338. The molecule has 88 valence electrons. The summed E-state index contributed by atoms with van der Waals surface area (Å²) in [7, 11) is 2.08. The van der Waals surface area contributed by atoms with Gasteiger partial charge in [-0.05, 0) is 25.7 Å². The van der Waals surface area contributed by atoms with Gasteiger partial charge in [-0.2, -0.15) is 0 Å². The Balaban J connectivity index is 2.04. The van der Waals surface area contributed by atoms with E-state index < -0.39 is 0 Å². The van der Waals surface area contributed by atoms with Crippen LogP contribution in [-0.4, -0.2) is 23.6 Å². The average Bonchev–Trinajstić information content (AvgIpc) is 2.68. The van der Waals surface area contributed by atoms with Gasteiger partial charge in [0, 0.05) is 19.7 Å². The smallest absolute Gasteiger partial charge is 0.134 e. The molecular formula is C12H20N4. The maximum Gasteiger partial charge on any atom is 0.134 e. The molecule has 0 unspecified atom stereocenters. The first-order chi connectivity index (χ1) is 7.65. The van der Waals surface area contributed by atoms with Gasteiger partial charge in [0.15, 0.2) is 0 Å². The lowest BCUT2D eigenvalue weighted by Gasteiger charge is -2.22. The van der Waals surface area contributed by atoms with E-state index in [1.165, 1.54) is 25.7 Å². The molecule has 2 N–H and O–H groups in total. The van der Waals surface area contributed by atoms with Gasteiger partial charge in [-0.25, -0.2) is 9.97 Å². The molecule has 1 aliphatic rings. The van der Waals surface area contributed by atoms with E-state index >= 15 is 0 Å². The highest BCUT2D eigenvalue weighted by atomic mass is 15.2. The van der Waals surface area contributed by atoms with E-state index in [0.29, 0.717) is 5.82 Å². The molecule has 2 rings (SSSR count). The van der Waals surface area contributed by atoms with Crippen LogP contribution in [0.2, 0.25) is 0 Å². The van der Waals surface area contributed by atoms with Crippen molar-refractivity contribution in [2.75, 3.05) is 24.2 Å². The monoisotopic (exact) mass is 220 g/mol. The summed E-state index contributed by atoms with van der Waals surface area (Å²) in [5.74, 6) is 3.06. The molecule has 0 atom stereocenters. The minimum atomic E-state index is 0.556. The maximum absolute atomic E-state index is 5.73. The van der Waals surface area contributed by atoms with Crippen LogP contribution in [0.1, 0.15) is 31.5 Å². The van der Waals surface area contributed by atoms with Crippen LogP contribution in [-0.2, 0) is 0 Å². The summed E-state index contributed by atoms with van der Waals surface area (Å²) in [5.41, 5.74) is 5.73. The van der Waals surface area contributed by atoms with E-state index in [-0.39, 0.29) is 0 Å². The molecule has 1 aromatic rings. The molecule has 1 aliphatic carbocycles. The van der Waals surface area contributed by atoms with Crippen LogP contribution >= 0.6 is 0 Å². The molecule has 0 amide bonds. The Morgan fingerprint density at radius 1 is 1.38 bits per heavy atom. The Hall–Kier alpha value is -1.32. The quantitative estimate of drug-likeness (QED) is 0.846.